The van der Waals surface area contributed by atoms with Gasteiger partial charge in [0.15, 0.2) is 0 Å². The van der Waals surface area contributed by atoms with Crippen molar-refractivity contribution < 1.29 is 14.8 Å². The zero-order chi connectivity index (χ0) is 14.4. The molecule has 0 heterocycles. The molecule has 0 aliphatic carbocycles. The number of nitro benzene ring substituents is 1. The number of nitro groups is 1. The number of carbonyl (C=O) groups is 1. The number of nitrogens with one attached hydrogen (secondary N) is 2. The lowest BCUT2D eigenvalue weighted by molar-refractivity contribution is -0.384. The van der Waals surface area contributed by atoms with Crippen molar-refractivity contribution in [3.63, 3.8) is 0 Å². The van der Waals surface area contributed by atoms with Gasteiger partial charge in [0.1, 0.15) is 5.69 Å². The lowest BCUT2D eigenvalue weighted by Crippen LogP contribution is -2.20. The Hall–Kier alpha value is -2.15. The molecule has 1 rings (SSSR count). The van der Waals surface area contributed by atoms with Gasteiger partial charge in [-0.05, 0) is 18.6 Å². The summed E-state index contributed by atoms with van der Waals surface area (Å²) in [4.78, 5) is 21.8. The summed E-state index contributed by atoms with van der Waals surface area (Å²) in [6, 6.07) is 4.16. The molecular weight excluding hydrogens is 250 g/mol. The Bertz CT molecular complexity index is 476. The van der Waals surface area contributed by atoms with Gasteiger partial charge in [-0.15, -0.1) is 0 Å². The van der Waals surface area contributed by atoms with Crippen LogP contribution in [0.15, 0.2) is 18.2 Å². The first kappa shape index (κ1) is 14.9. The lowest BCUT2D eigenvalue weighted by Gasteiger charge is -2.11. The highest BCUT2D eigenvalue weighted by Crippen LogP contribution is 2.25. The van der Waals surface area contributed by atoms with Gasteiger partial charge in [-0.1, -0.05) is 6.92 Å². The molecule has 1 unspecified atom stereocenters. The first-order chi connectivity index (χ1) is 8.99. The molecule has 1 amide bonds. The van der Waals surface area contributed by atoms with Crippen LogP contribution in [-0.2, 0) is 0 Å². The molecule has 104 valence electrons. The number of amides is 1. The maximum absolute atomic E-state index is 11.4. The molecule has 3 N–H and O–H groups in total. The van der Waals surface area contributed by atoms with Crippen molar-refractivity contribution in [1.29, 1.82) is 0 Å². The highest BCUT2D eigenvalue weighted by atomic mass is 16.6. The third kappa shape index (κ3) is 3.92. The summed E-state index contributed by atoms with van der Waals surface area (Å²) >= 11 is 0. The first-order valence-corrected chi connectivity index (χ1v) is 5.92. The second-order valence-corrected chi connectivity index (χ2v) is 4.01. The van der Waals surface area contributed by atoms with Crippen LogP contribution in [0.3, 0.4) is 0 Å². The smallest absolute Gasteiger partial charge is 0.293 e. The van der Waals surface area contributed by atoms with Gasteiger partial charge in [0.2, 0.25) is 0 Å². The molecule has 0 saturated heterocycles. The van der Waals surface area contributed by atoms with Crippen LogP contribution >= 0.6 is 0 Å². The van der Waals surface area contributed by atoms with Gasteiger partial charge in [-0.25, -0.2) is 0 Å². The highest BCUT2D eigenvalue weighted by molar-refractivity contribution is 5.95. The molecule has 7 heteroatoms. The maximum atomic E-state index is 11.4. The van der Waals surface area contributed by atoms with Crippen LogP contribution in [0.5, 0.6) is 0 Å². The Kier molecular flexibility index (Phi) is 5.25. The Balaban J connectivity index is 2.98. The largest absolute Gasteiger partial charge is 0.391 e. The van der Waals surface area contributed by atoms with Gasteiger partial charge < -0.3 is 15.7 Å². The first-order valence-electron chi connectivity index (χ1n) is 5.92. The minimum atomic E-state index is -0.571. The van der Waals surface area contributed by atoms with Crippen molar-refractivity contribution in [2.75, 3.05) is 18.9 Å². The monoisotopic (exact) mass is 267 g/mol. The van der Waals surface area contributed by atoms with Crippen molar-refractivity contribution in [3.05, 3.63) is 33.9 Å². The van der Waals surface area contributed by atoms with E-state index in [0.29, 0.717) is 6.42 Å². The van der Waals surface area contributed by atoms with Crippen molar-refractivity contribution in [2.24, 2.45) is 0 Å². The van der Waals surface area contributed by atoms with Crippen LogP contribution in [0.2, 0.25) is 0 Å². The van der Waals surface area contributed by atoms with Crippen LogP contribution in [0.25, 0.3) is 0 Å². The Morgan fingerprint density at radius 2 is 2.21 bits per heavy atom. The van der Waals surface area contributed by atoms with E-state index >= 15 is 0 Å². The van der Waals surface area contributed by atoms with Crippen LogP contribution < -0.4 is 10.6 Å². The van der Waals surface area contributed by atoms with Gasteiger partial charge in [0.05, 0.1) is 11.0 Å². The average molecular weight is 267 g/mol. The molecule has 0 radical (unpaired) electrons. The molecule has 7 nitrogen and oxygen atoms in total. The van der Waals surface area contributed by atoms with Gasteiger partial charge in [-0.3, -0.25) is 14.9 Å². The molecule has 0 aromatic heterocycles. The third-order valence-corrected chi connectivity index (χ3v) is 2.68. The summed E-state index contributed by atoms with van der Waals surface area (Å²) in [5, 5.41) is 25.6. The predicted molar refractivity (Wildman–Crippen MR) is 71.3 cm³/mol. The molecule has 0 saturated carbocycles. The van der Waals surface area contributed by atoms with Gasteiger partial charge in [-0.2, -0.15) is 0 Å². The van der Waals surface area contributed by atoms with E-state index in [9.17, 15) is 20.0 Å². The zero-order valence-electron chi connectivity index (χ0n) is 10.8. The Morgan fingerprint density at radius 3 is 2.74 bits per heavy atom. The molecule has 0 aliphatic rings. The second kappa shape index (κ2) is 6.69. The summed E-state index contributed by atoms with van der Waals surface area (Å²) in [5.41, 5.74) is 0.311. The molecule has 0 aliphatic heterocycles. The number of nitrogens with zero attached hydrogens (tertiary/aromatic N) is 1. The summed E-state index contributed by atoms with van der Waals surface area (Å²) in [7, 11) is 1.46. The van der Waals surface area contributed by atoms with Gasteiger partial charge in [0.25, 0.3) is 11.6 Å². The summed E-state index contributed by atoms with van der Waals surface area (Å²) in [6.45, 7) is 2.03. The van der Waals surface area contributed by atoms with E-state index in [-0.39, 0.29) is 29.4 Å². The molecular formula is C12H17N3O4. The summed E-state index contributed by atoms with van der Waals surface area (Å²) < 4.78 is 0. The van der Waals surface area contributed by atoms with Crippen molar-refractivity contribution >= 4 is 17.3 Å². The minimum Gasteiger partial charge on any atom is -0.391 e. The van der Waals surface area contributed by atoms with E-state index in [2.05, 4.69) is 10.6 Å². The number of hydrogen-bond donors (Lipinski definition) is 3. The molecule has 1 aromatic rings. The Labute approximate surface area is 110 Å². The second-order valence-electron chi connectivity index (χ2n) is 4.01. The summed E-state index contributed by atoms with van der Waals surface area (Å²) in [5.74, 6) is -0.386. The SMILES string of the molecule is CCC(O)CNc1ccc(C(=O)NC)cc1[N+](=O)[O-]. The number of benzene rings is 1. The normalized spacial score (nSPS) is 11.7. The molecule has 0 fully saturated rings. The van der Waals surface area contributed by atoms with Crippen molar-refractivity contribution in [2.45, 2.75) is 19.4 Å². The van der Waals surface area contributed by atoms with Crippen molar-refractivity contribution in [3.8, 4) is 0 Å². The van der Waals surface area contributed by atoms with E-state index < -0.39 is 11.0 Å². The van der Waals surface area contributed by atoms with E-state index in [0.717, 1.165) is 0 Å². The minimum absolute atomic E-state index is 0.190. The lowest BCUT2D eigenvalue weighted by atomic mass is 10.1. The fourth-order valence-electron chi connectivity index (χ4n) is 1.49. The quantitative estimate of drug-likeness (QED) is 0.529. The van der Waals surface area contributed by atoms with Crippen LogP contribution in [0.4, 0.5) is 11.4 Å². The highest BCUT2D eigenvalue weighted by Gasteiger charge is 2.17. The van der Waals surface area contributed by atoms with Crippen LogP contribution in [0, 0.1) is 10.1 Å². The van der Waals surface area contributed by atoms with Crippen molar-refractivity contribution in [1.82, 2.24) is 5.32 Å². The maximum Gasteiger partial charge on any atom is 0.293 e. The molecule has 0 bridgehead atoms. The van der Waals surface area contributed by atoms with E-state index in [1.54, 1.807) is 0 Å². The van der Waals surface area contributed by atoms with E-state index in [1.807, 2.05) is 6.92 Å². The summed E-state index contributed by atoms with van der Waals surface area (Å²) in [6.07, 6.45) is -0.0184. The Morgan fingerprint density at radius 1 is 1.53 bits per heavy atom. The zero-order valence-corrected chi connectivity index (χ0v) is 10.8. The average Bonchev–Trinajstić information content (AvgIpc) is 2.43. The third-order valence-electron chi connectivity index (χ3n) is 2.68. The molecule has 1 atom stereocenters. The molecule has 0 spiro atoms. The molecule has 19 heavy (non-hydrogen) atoms. The molecule has 1 aromatic carbocycles. The topological polar surface area (TPSA) is 104 Å². The predicted octanol–water partition coefficient (Wildman–Crippen LogP) is 1.14. The number of rotatable bonds is 6. The fourth-order valence-corrected chi connectivity index (χ4v) is 1.49. The van der Waals surface area contributed by atoms with Gasteiger partial charge in [0, 0.05) is 25.2 Å². The number of hydrogen-bond acceptors (Lipinski definition) is 5. The standard InChI is InChI=1S/C12H17N3O4/c1-3-9(16)7-14-10-5-4-8(12(17)13-2)6-11(10)15(18)19/h4-6,9,14,16H,3,7H2,1-2H3,(H,13,17). The number of carbonyl (C=O) groups excluding carboxylic acids is 1. The van der Waals surface area contributed by atoms with Crippen LogP contribution in [-0.4, -0.2) is 35.6 Å². The number of anilines is 1. The van der Waals surface area contributed by atoms with E-state index in [1.165, 1.54) is 25.2 Å². The van der Waals surface area contributed by atoms with Crippen LogP contribution in [0.1, 0.15) is 23.7 Å². The fraction of sp³-hybridized carbons (Fsp3) is 0.417. The van der Waals surface area contributed by atoms with E-state index in [4.69, 9.17) is 0 Å². The number of aliphatic hydroxyl groups is 1. The number of aliphatic hydroxyl groups excluding tert-OH is 1. The van der Waals surface area contributed by atoms with Gasteiger partial charge >= 0.3 is 0 Å².